The van der Waals surface area contributed by atoms with Crippen LogP contribution in [0.2, 0.25) is 0 Å². The standard InChI is InChI=1S/C33H60N5O6/c1-24(2)39-18-36(19-40-25(3)4)32-34-31(30-16-14-13-15-17-30)38(22-43-28(9)10,23-44-29(11)12)33(35-32)37(20-41-26(5)6)21-42-27(7)8/h13-17,24-29,33H,18-23H2,1-12H3/q+1. The monoisotopic (exact) mass is 622 g/mol. The van der Waals surface area contributed by atoms with E-state index in [2.05, 4.69) is 17.0 Å². The molecule has 1 atom stereocenters. The number of nitrogens with zero attached hydrogens (tertiary/aromatic N) is 5. The van der Waals surface area contributed by atoms with Crippen LogP contribution in [0.3, 0.4) is 0 Å². The van der Waals surface area contributed by atoms with Crippen molar-refractivity contribution in [3.63, 3.8) is 0 Å². The summed E-state index contributed by atoms with van der Waals surface area (Å²) >= 11 is 0. The Labute approximate surface area is 266 Å². The van der Waals surface area contributed by atoms with Crippen molar-refractivity contribution in [1.29, 1.82) is 0 Å². The molecule has 1 aromatic rings. The molecule has 1 aliphatic heterocycles. The molecule has 1 aromatic carbocycles. The van der Waals surface area contributed by atoms with Gasteiger partial charge in [-0.2, -0.15) is 19.4 Å². The summed E-state index contributed by atoms with van der Waals surface area (Å²) < 4.78 is 37.6. The summed E-state index contributed by atoms with van der Waals surface area (Å²) in [5, 5.41) is 0. The molecule has 0 aromatic heterocycles. The first-order chi connectivity index (χ1) is 20.7. The summed E-state index contributed by atoms with van der Waals surface area (Å²) in [4.78, 5) is 14.7. The third-order valence-corrected chi connectivity index (χ3v) is 6.49. The van der Waals surface area contributed by atoms with Crippen LogP contribution < -0.4 is 0 Å². The molecule has 0 spiro atoms. The van der Waals surface area contributed by atoms with Crippen molar-refractivity contribution in [3.05, 3.63) is 35.9 Å². The Morgan fingerprint density at radius 1 is 0.591 bits per heavy atom. The molecule has 0 radical (unpaired) electrons. The highest BCUT2D eigenvalue weighted by Crippen LogP contribution is 2.30. The number of hydrogen-bond donors (Lipinski definition) is 0. The predicted molar refractivity (Wildman–Crippen MR) is 175 cm³/mol. The van der Waals surface area contributed by atoms with Gasteiger partial charge in [0.05, 0.1) is 42.2 Å². The van der Waals surface area contributed by atoms with Gasteiger partial charge in [0.15, 0.2) is 13.5 Å². The number of hydrogen-bond acceptors (Lipinski definition) is 10. The average molecular weight is 623 g/mol. The highest BCUT2D eigenvalue weighted by atomic mass is 16.5. The first kappa shape index (κ1) is 38.2. The van der Waals surface area contributed by atoms with Crippen LogP contribution in [-0.2, 0) is 28.4 Å². The van der Waals surface area contributed by atoms with E-state index in [4.69, 9.17) is 38.4 Å². The van der Waals surface area contributed by atoms with Crippen LogP contribution in [0.25, 0.3) is 0 Å². The normalized spacial score (nSPS) is 17.1. The molecule has 0 bridgehead atoms. The molecule has 11 heteroatoms. The maximum Gasteiger partial charge on any atom is 0.259 e. The van der Waals surface area contributed by atoms with E-state index < -0.39 is 6.29 Å². The summed E-state index contributed by atoms with van der Waals surface area (Å²) in [6.45, 7) is 25.9. The molecule has 252 valence electrons. The molecule has 0 amide bonds. The lowest BCUT2D eigenvalue weighted by Crippen LogP contribution is -2.69. The van der Waals surface area contributed by atoms with Gasteiger partial charge in [-0.05, 0) is 95.2 Å². The highest BCUT2D eigenvalue weighted by molar-refractivity contribution is 6.03. The van der Waals surface area contributed by atoms with Crippen molar-refractivity contribution < 1.29 is 32.9 Å². The van der Waals surface area contributed by atoms with E-state index in [9.17, 15) is 0 Å². The van der Waals surface area contributed by atoms with Gasteiger partial charge >= 0.3 is 0 Å². The first-order valence-corrected chi connectivity index (χ1v) is 16.0. The number of ether oxygens (including phenoxy) is 6. The first-order valence-electron chi connectivity index (χ1n) is 16.0. The SMILES string of the molecule is CC(C)OCN(COC(C)C)C1=NC(N(COC(C)C)COC(C)C)[N+](COC(C)C)(COC(C)C)C(c2ccccc2)=N1. The highest BCUT2D eigenvalue weighted by Gasteiger charge is 2.51. The van der Waals surface area contributed by atoms with E-state index >= 15 is 0 Å². The lowest BCUT2D eigenvalue weighted by Gasteiger charge is -2.47. The molecule has 11 nitrogen and oxygen atoms in total. The molecule has 0 saturated heterocycles. The largest absolute Gasteiger partial charge is 0.363 e. The lowest BCUT2D eigenvalue weighted by molar-refractivity contribution is -0.919. The zero-order valence-corrected chi connectivity index (χ0v) is 29.4. The van der Waals surface area contributed by atoms with Crippen molar-refractivity contribution in [2.24, 2.45) is 9.98 Å². The Bertz CT molecular complexity index is 964. The Morgan fingerprint density at radius 3 is 1.41 bits per heavy atom. The Morgan fingerprint density at radius 2 is 1.00 bits per heavy atom. The van der Waals surface area contributed by atoms with E-state index in [1.807, 2.05) is 106 Å². The van der Waals surface area contributed by atoms with Crippen LogP contribution in [0.1, 0.15) is 88.6 Å². The van der Waals surface area contributed by atoms with Crippen molar-refractivity contribution in [2.45, 2.75) is 126 Å². The van der Waals surface area contributed by atoms with Crippen LogP contribution in [0.5, 0.6) is 0 Å². The van der Waals surface area contributed by atoms with Crippen molar-refractivity contribution in [3.8, 4) is 0 Å². The van der Waals surface area contributed by atoms with Gasteiger partial charge < -0.3 is 28.4 Å². The van der Waals surface area contributed by atoms with Gasteiger partial charge in [-0.3, -0.25) is 4.90 Å². The minimum absolute atomic E-state index is 0.00182. The smallest absolute Gasteiger partial charge is 0.259 e. The second-order valence-electron chi connectivity index (χ2n) is 12.8. The molecule has 0 N–H and O–H groups in total. The number of benzene rings is 1. The molecule has 1 heterocycles. The summed E-state index contributed by atoms with van der Waals surface area (Å²) in [6.07, 6.45) is -0.613. The summed E-state index contributed by atoms with van der Waals surface area (Å²) in [6, 6.07) is 10.2. The second-order valence-corrected chi connectivity index (χ2v) is 12.8. The van der Waals surface area contributed by atoms with Crippen LogP contribution in [0, 0.1) is 0 Å². The Kier molecular flexibility index (Phi) is 16.4. The molecule has 1 aliphatic rings. The van der Waals surface area contributed by atoms with E-state index in [1.165, 1.54) is 0 Å². The molecule has 0 fully saturated rings. The van der Waals surface area contributed by atoms with E-state index in [-0.39, 0.29) is 81.5 Å². The number of quaternary nitrogens is 1. The van der Waals surface area contributed by atoms with E-state index in [0.717, 1.165) is 11.4 Å². The average Bonchev–Trinajstić information content (AvgIpc) is 2.95. The molecule has 0 aliphatic carbocycles. The minimum atomic E-state index is -0.576. The maximum atomic E-state index is 6.42. The van der Waals surface area contributed by atoms with Gasteiger partial charge in [-0.25, -0.2) is 0 Å². The van der Waals surface area contributed by atoms with E-state index in [0.29, 0.717) is 5.96 Å². The molecule has 1 unspecified atom stereocenters. The third kappa shape index (κ3) is 12.4. The van der Waals surface area contributed by atoms with Crippen LogP contribution >= 0.6 is 0 Å². The van der Waals surface area contributed by atoms with Crippen molar-refractivity contribution >= 4 is 11.8 Å². The zero-order valence-electron chi connectivity index (χ0n) is 29.4. The maximum absolute atomic E-state index is 6.42. The topological polar surface area (TPSA) is 86.6 Å². The Balaban J connectivity index is 2.88. The fourth-order valence-electron chi connectivity index (χ4n) is 4.15. The fourth-order valence-corrected chi connectivity index (χ4v) is 4.15. The minimum Gasteiger partial charge on any atom is -0.363 e. The van der Waals surface area contributed by atoms with Crippen molar-refractivity contribution in [2.75, 3.05) is 40.4 Å². The zero-order chi connectivity index (χ0) is 32.9. The van der Waals surface area contributed by atoms with Gasteiger partial charge in [-0.1, -0.05) is 18.2 Å². The van der Waals surface area contributed by atoms with Gasteiger partial charge in [-0.15, -0.1) is 0 Å². The lowest BCUT2D eigenvalue weighted by atomic mass is 10.1. The third-order valence-electron chi connectivity index (χ3n) is 6.49. The summed E-state index contributed by atoms with van der Waals surface area (Å²) in [7, 11) is 0. The molecular formula is C33H60N5O6+. The summed E-state index contributed by atoms with van der Waals surface area (Å²) in [5.41, 5.74) is 0.939. The van der Waals surface area contributed by atoms with Crippen LogP contribution in [-0.4, -0.2) is 109 Å². The number of guanidine groups is 1. The van der Waals surface area contributed by atoms with E-state index in [1.54, 1.807) is 0 Å². The summed E-state index contributed by atoms with van der Waals surface area (Å²) in [5.74, 6) is 1.26. The predicted octanol–water partition coefficient (Wildman–Crippen LogP) is 5.80. The molecule has 2 rings (SSSR count). The van der Waals surface area contributed by atoms with Crippen LogP contribution in [0.4, 0.5) is 0 Å². The number of aliphatic imine (C=N–C) groups is 2. The fraction of sp³-hybridized carbons (Fsp3) is 0.758. The van der Waals surface area contributed by atoms with Crippen molar-refractivity contribution in [1.82, 2.24) is 9.80 Å². The second kappa shape index (κ2) is 18.9. The molecular weight excluding hydrogens is 562 g/mol. The molecule has 0 saturated carbocycles. The van der Waals surface area contributed by atoms with Crippen LogP contribution in [0.15, 0.2) is 40.3 Å². The van der Waals surface area contributed by atoms with Gasteiger partial charge in [0.1, 0.15) is 26.9 Å². The molecule has 44 heavy (non-hydrogen) atoms. The van der Waals surface area contributed by atoms with Gasteiger partial charge in [0.25, 0.3) is 6.29 Å². The quantitative estimate of drug-likeness (QED) is 0.133. The Hall–Kier alpha value is -1.96. The van der Waals surface area contributed by atoms with Gasteiger partial charge in [0, 0.05) is 0 Å². The number of rotatable bonds is 20. The number of amidine groups is 1. The van der Waals surface area contributed by atoms with Gasteiger partial charge in [0.2, 0.25) is 11.8 Å².